The molecule has 0 spiro atoms. The number of rotatable bonds is 3. The first-order valence-corrected chi connectivity index (χ1v) is 6.17. The Bertz CT molecular complexity index is 392. The van der Waals surface area contributed by atoms with Crippen LogP contribution in [0.2, 0.25) is 0 Å². The lowest BCUT2D eigenvalue weighted by Crippen LogP contribution is -2.38. The number of hydrogen-bond donors (Lipinski definition) is 1. The van der Waals surface area contributed by atoms with Gasteiger partial charge in [-0.15, -0.1) is 0 Å². The molecule has 1 aromatic rings. The van der Waals surface area contributed by atoms with Crippen molar-refractivity contribution >= 4 is 5.69 Å². The standard InChI is InChI=1S/C14H20FNO/c1-14(2)9-11(6-7-17)10-16(14)13-5-3-4-12(15)8-13/h3-5,8,11,17H,6-7,9-10H2,1-2H3. The van der Waals surface area contributed by atoms with Crippen molar-refractivity contribution < 1.29 is 9.50 Å². The van der Waals surface area contributed by atoms with Gasteiger partial charge in [0.25, 0.3) is 0 Å². The van der Waals surface area contributed by atoms with Gasteiger partial charge in [-0.05, 0) is 50.8 Å². The van der Waals surface area contributed by atoms with E-state index in [9.17, 15) is 4.39 Å². The van der Waals surface area contributed by atoms with Crippen molar-refractivity contribution in [1.82, 2.24) is 0 Å². The smallest absolute Gasteiger partial charge is 0.125 e. The molecule has 2 nitrogen and oxygen atoms in total. The summed E-state index contributed by atoms with van der Waals surface area (Å²) < 4.78 is 13.3. The summed E-state index contributed by atoms with van der Waals surface area (Å²) in [6, 6.07) is 6.76. The predicted octanol–water partition coefficient (Wildman–Crippen LogP) is 2.81. The Morgan fingerprint density at radius 3 is 2.88 bits per heavy atom. The van der Waals surface area contributed by atoms with E-state index in [0.29, 0.717) is 5.92 Å². The summed E-state index contributed by atoms with van der Waals surface area (Å²) >= 11 is 0. The van der Waals surface area contributed by atoms with Gasteiger partial charge >= 0.3 is 0 Å². The van der Waals surface area contributed by atoms with Crippen LogP contribution in [-0.4, -0.2) is 23.8 Å². The van der Waals surface area contributed by atoms with Crippen LogP contribution < -0.4 is 4.90 Å². The molecule has 1 heterocycles. The minimum Gasteiger partial charge on any atom is -0.396 e. The first kappa shape index (κ1) is 12.4. The average Bonchev–Trinajstić information content (AvgIpc) is 2.54. The Morgan fingerprint density at radius 1 is 1.47 bits per heavy atom. The lowest BCUT2D eigenvalue weighted by molar-refractivity contribution is 0.259. The second-order valence-corrected chi connectivity index (χ2v) is 5.49. The molecule has 1 fully saturated rings. The third kappa shape index (κ3) is 2.60. The van der Waals surface area contributed by atoms with Crippen LogP contribution in [0.15, 0.2) is 24.3 Å². The highest BCUT2D eigenvalue weighted by atomic mass is 19.1. The number of aliphatic hydroxyl groups excluding tert-OH is 1. The molecule has 2 rings (SSSR count). The first-order chi connectivity index (χ1) is 8.03. The van der Waals surface area contributed by atoms with Crippen molar-refractivity contribution in [2.24, 2.45) is 5.92 Å². The van der Waals surface area contributed by atoms with Crippen LogP contribution in [0.25, 0.3) is 0 Å². The van der Waals surface area contributed by atoms with E-state index in [0.717, 1.165) is 25.1 Å². The highest BCUT2D eigenvalue weighted by Crippen LogP contribution is 2.37. The van der Waals surface area contributed by atoms with Gasteiger partial charge < -0.3 is 10.0 Å². The van der Waals surface area contributed by atoms with Crippen molar-refractivity contribution in [1.29, 1.82) is 0 Å². The molecule has 3 heteroatoms. The lowest BCUT2D eigenvalue weighted by Gasteiger charge is -2.33. The van der Waals surface area contributed by atoms with E-state index in [1.165, 1.54) is 6.07 Å². The zero-order chi connectivity index (χ0) is 12.5. The second kappa shape index (κ2) is 4.65. The molecule has 0 aromatic heterocycles. The molecule has 0 bridgehead atoms. The third-order valence-corrected chi connectivity index (χ3v) is 3.62. The van der Waals surface area contributed by atoms with Gasteiger partial charge in [0.15, 0.2) is 0 Å². The Morgan fingerprint density at radius 2 is 2.24 bits per heavy atom. The minimum atomic E-state index is -0.191. The summed E-state index contributed by atoms with van der Waals surface area (Å²) in [4.78, 5) is 2.25. The van der Waals surface area contributed by atoms with E-state index < -0.39 is 0 Å². The van der Waals surface area contributed by atoms with E-state index in [1.54, 1.807) is 12.1 Å². The molecular formula is C14H20FNO. The SMILES string of the molecule is CC1(C)CC(CCO)CN1c1cccc(F)c1. The predicted molar refractivity (Wildman–Crippen MR) is 67.6 cm³/mol. The first-order valence-electron chi connectivity index (χ1n) is 6.17. The highest BCUT2D eigenvalue weighted by molar-refractivity contribution is 5.50. The summed E-state index contributed by atoms with van der Waals surface area (Å²) in [5.74, 6) is 0.308. The molecule has 0 saturated carbocycles. The van der Waals surface area contributed by atoms with E-state index in [1.807, 2.05) is 6.07 Å². The van der Waals surface area contributed by atoms with Crippen LogP contribution in [0, 0.1) is 11.7 Å². The fraction of sp³-hybridized carbons (Fsp3) is 0.571. The van der Waals surface area contributed by atoms with Crippen LogP contribution >= 0.6 is 0 Å². The zero-order valence-electron chi connectivity index (χ0n) is 10.5. The molecule has 1 atom stereocenters. The maximum Gasteiger partial charge on any atom is 0.125 e. The molecule has 1 N–H and O–H groups in total. The van der Waals surface area contributed by atoms with E-state index in [2.05, 4.69) is 18.7 Å². The number of anilines is 1. The van der Waals surface area contributed by atoms with Gasteiger partial charge in [-0.3, -0.25) is 0 Å². The molecule has 1 aliphatic heterocycles. The summed E-state index contributed by atoms with van der Waals surface area (Å²) in [5.41, 5.74) is 0.976. The van der Waals surface area contributed by atoms with Gasteiger partial charge in [-0.1, -0.05) is 6.07 Å². The third-order valence-electron chi connectivity index (χ3n) is 3.62. The summed E-state index contributed by atoms with van der Waals surface area (Å²) in [5, 5.41) is 9.02. The molecular weight excluding hydrogens is 217 g/mol. The van der Waals surface area contributed by atoms with Gasteiger partial charge in [-0.2, -0.15) is 0 Å². The van der Waals surface area contributed by atoms with Crippen LogP contribution in [0.3, 0.4) is 0 Å². The van der Waals surface area contributed by atoms with Crippen LogP contribution in [0.4, 0.5) is 10.1 Å². The molecule has 1 aliphatic rings. The second-order valence-electron chi connectivity index (χ2n) is 5.49. The van der Waals surface area contributed by atoms with Crippen molar-refractivity contribution in [3.05, 3.63) is 30.1 Å². The topological polar surface area (TPSA) is 23.5 Å². The Kier molecular flexibility index (Phi) is 3.38. The normalized spacial score (nSPS) is 23.1. The molecule has 17 heavy (non-hydrogen) atoms. The maximum atomic E-state index is 13.3. The number of aliphatic hydroxyl groups is 1. The van der Waals surface area contributed by atoms with Crippen molar-refractivity contribution in [3.63, 3.8) is 0 Å². The number of hydrogen-bond acceptors (Lipinski definition) is 2. The maximum absolute atomic E-state index is 13.3. The fourth-order valence-electron chi connectivity index (χ4n) is 2.86. The van der Waals surface area contributed by atoms with E-state index in [4.69, 9.17) is 5.11 Å². The van der Waals surface area contributed by atoms with E-state index in [-0.39, 0.29) is 18.0 Å². The largest absolute Gasteiger partial charge is 0.396 e. The Balaban J connectivity index is 2.20. The molecule has 1 aromatic carbocycles. The average molecular weight is 237 g/mol. The molecule has 1 saturated heterocycles. The molecule has 1 unspecified atom stereocenters. The lowest BCUT2D eigenvalue weighted by atomic mass is 9.94. The van der Waals surface area contributed by atoms with E-state index >= 15 is 0 Å². The Labute approximate surface area is 102 Å². The van der Waals surface area contributed by atoms with Gasteiger partial charge in [0.2, 0.25) is 0 Å². The van der Waals surface area contributed by atoms with Gasteiger partial charge in [0.1, 0.15) is 5.82 Å². The van der Waals surface area contributed by atoms with Crippen molar-refractivity contribution in [3.8, 4) is 0 Å². The molecule has 94 valence electrons. The van der Waals surface area contributed by atoms with Crippen molar-refractivity contribution in [2.75, 3.05) is 18.1 Å². The van der Waals surface area contributed by atoms with Gasteiger partial charge in [0.05, 0.1) is 0 Å². The minimum absolute atomic E-state index is 0.0353. The highest BCUT2D eigenvalue weighted by Gasteiger charge is 2.37. The molecule has 0 radical (unpaired) electrons. The fourth-order valence-corrected chi connectivity index (χ4v) is 2.86. The molecule has 0 amide bonds. The molecule has 0 aliphatic carbocycles. The summed E-state index contributed by atoms with van der Waals surface area (Å²) in [6.07, 6.45) is 1.87. The summed E-state index contributed by atoms with van der Waals surface area (Å²) in [7, 11) is 0. The van der Waals surface area contributed by atoms with Crippen LogP contribution in [0.5, 0.6) is 0 Å². The van der Waals surface area contributed by atoms with Crippen LogP contribution in [0.1, 0.15) is 26.7 Å². The monoisotopic (exact) mass is 237 g/mol. The zero-order valence-corrected chi connectivity index (χ0v) is 10.5. The van der Waals surface area contributed by atoms with Gasteiger partial charge in [-0.25, -0.2) is 4.39 Å². The summed E-state index contributed by atoms with van der Waals surface area (Å²) in [6.45, 7) is 5.49. The van der Waals surface area contributed by atoms with Gasteiger partial charge in [0, 0.05) is 24.4 Å². The van der Waals surface area contributed by atoms with Crippen molar-refractivity contribution in [2.45, 2.75) is 32.2 Å². The Hall–Kier alpha value is -1.09. The quantitative estimate of drug-likeness (QED) is 0.873. The number of nitrogens with zero attached hydrogens (tertiary/aromatic N) is 1. The van der Waals surface area contributed by atoms with Crippen LogP contribution in [-0.2, 0) is 0 Å². The number of halogens is 1. The number of benzene rings is 1.